The highest BCUT2D eigenvalue weighted by atomic mass is 16.5. The second kappa shape index (κ2) is 6.91. The third-order valence-corrected chi connectivity index (χ3v) is 3.30. The molecule has 6 heteroatoms. The second-order valence-electron chi connectivity index (χ2n) is 4.75. The standard InChI is InChI=1S/C16H17NO5/c1-10-12(7-17-14(15(10)18)16(19)20)9-22-8-11-3-5-13(21-2)6-4-11/h3-7,18H,8-9H2,1-2H3,(H,19,20). The first kappa shape index (κ1) is 15.8. The molecule has 0 aliphatic heterocycles. The van der Waals surface area contributed by atoms with E-state index in [9.17, 15) is 9.90 Å². The van der Waals surface area contributed by atoms with E-state index in [4.69, 9.17) is 14.6 Å². The predicted molar refractivity (Wildman–Crippen MR) is 79.1 cm³/mol. The van der Waals surface area contributed by atoms with E-state index in [-0.39, 0.29) is 18.1 Å². The summed E-state index contributed by atoms with van der Waals surface area (Å²) < 4.78 is 10.7. The topological polar surface area (TPSA) is 88.9 Å². The molecule has 116 valence electrons. The van der Waals surface area contributed by atoms with Gasteiger partial charge in [-0.3, -0.25) is 0 Å². The van der Waals surface area contributed by atoms with Gasteiger partial charge in [0.2, 0.25) is 0 Å². The molecule has 0 aliphatic rings. The number of ether oxygens (including phenoxy) is 2. The summed E-state index contributed by atoms with van der Waals surface area (Å²) >= 11 is 0. The summed E-state index contributed by atoms with van der Waals surface area (Å²) in [6.45, 7) is 2.26. The van der Waals surface area contributed by atoms with E-state index in [0.717, 1.165) is 11.3 Å². The third kappa shape index (κ3) is 3.53. The number of carbonyl (C=O) groups is 1. The van der Waals surface area contributed by atoms with Gasteiger partial charge < -0.3 is 19.7 Å². The van der Waals surface area contributed by atoms with Gasteiger partial charge in [0.05, 0.1) is 20.3 Å². The Kier molecular flexibility index (Phi) is 4.95. The van der Waals surface area contributed by atoms with Crippen LogP contribution in [0.5, 0.6) is 11.5 Å². The molecule has 0 saturated heterocycles. The summed E-state index contributed by atoms with van der Waals surface area (Å²) in [5.74, 6) is -0.803. The largest absolute Gasteiger partial charge is 0.505 e. The van der Waals surface area contributed by atoms with Gasteiger partial charge in [0, 0.05) is 17.3 Å². The van der Waals surface area contributed by atoms with E-state index in [1.54, 1.807) is 14.0 Å². The number of benzene rings is 1. The van der Waals surface area contributed by atoms with Crippen LogP contribution in [0.15, 0.2) is 30.5 Å². The van der Waals surface area contributed by atoms with Crippen molar-refractivity contribution in [1.82, 2.24) is 4.98 Å². The molecule has 1 aromatic heterocycles. The molecule has 2 aromatic rings. The molecule has 0 bridgehead atoms. The number of carboxylic acids is 1. The molecular formula is C16H17NO5. The van der Waals surface area contributed by atoms with Crippen molar-refractivity contribution in [2.75, 3.05) is 7.11 Å². The van der Waals surface area contributed by atoms with Gasteiger partial charge in [0.15, 0.2) is 11.4 Å². The van der Waals surface area contributed by atoms with Crippen LogP contribution in [-0.2, 0) is 18.0 Å². The number of pyridine rings is 1. The van der Waals surface area contributed by atoms with Crippen LogP contribution in [0.25, 0.3) is 0 Å². The lowest BCUT2D eigenvalue weighted by Crippen LogP contribution is -2.05. The number of hydrogen-bond acceptors (Lipinski definition) is 5. The molecule has 22 heavy (non-hydrogen) atoms. The quantitative estimate of drug-likeness (QED) is 0.852. The summed E-state index contributed by atoms with van der Waals surface area (Å²) in [5, 5.41) is 18.7. The maximum atomic E-state index is 10.9. The zero-order valence-electron chi connectivity index (χ0n) is 12.4. The molecule has 1 aromatic carbocycles. The highest BCUT2D eigenvalue weighted by Crippen LogP contribution is 2.24. The fraction of sp³-hybridized carbons (Fsp3) is 0.250. The first-order valence-electron chi connectivity index (χ1n) is 6.64. The lowest BCUT2D eigenvalue weighted by Gasteiger charge is -2.10. The van der Waals surface area contributed by atoms with E-state index < -0.39 is 5.97 Å². The van der Waals surface area contributed by atoms with Crippen LogP contribution in [0, 0.1) is 6.92 Å². The summed E-state index contributed by atoms with van der Waals surface area (Å²) in [4.78, 5) is 14.6. The smallest absolute Gasteiger partial charge is 0.358 e. The van der Waals surface area contributed by atoms with E-state index in [2.05, 4.69) is 4.98 Å². The third-order valence-electron chi connectivity index (χ3n) is 3.30. The van der Waals surface area contributed by atoms with Crippen molar-refractivity contribution < 1.29 is 24.5 Å². The zero-order valence-corrected chi connectivity index (χ0v) is 12.4. The van der Waals surface area contributed by atoms with Gasteiger partial charge >= 0.3 is 5.97 Å². The molecule has 0 spiro atoms. The van der Waals surface area contributed by atoms with Gasteiger partial charge in [-0.2, -0.15) is 0 Å². The number of nitrogens with zero attached hydrogens (tertiary/aromatic N) is 1. The molecule has 2 N–H and O–H groups in total. The minimum atomic E-state index is -1.26. The summed E-state index contributed by atoms with van der Waals surface area (Å²) in [6.07, 6.45) is 1.41. The van der Waals surface area contributed by atoms with Crippen molar-refractivity contribution in [1.29, 1.82) is 0 Å². The molecule has 0 saturated carbocycles. The Hall–Kier alpha value is -2.60. The summed E-state index contributed by atoms with van der Waals surface area (Å²) in [7, 11) is 1.61. The van der Waals surface area contributed by atoms with Crippen LogP contribution in [0.3, 0.4) is 0 Å². The number of aromatic nitrogens is 1. The molecule has 0 amide bonds. The molecular weight excluding hydrogens is 286 g/mol. The Morgan fingerprint density at radius 2 is 1.91 bits per heavy atom. The first-order valence-corrected chi connectivity index (χ1v) is 6.64. The number of hydrogen-bond donors (Lipinski definition) is 2. The van der Waals surface area contributed by atoms with Gasteiger partial charge in [-0.25, -0.2) is 9.78 Å². The van der Waals surface area contributed by atoms with Crippen molar-refractivity contribution in [3.63, 3.8) is 0 Å². The maximum Gasteiger partial charge on any atom is 0.358 e. The SMILES string of the molecule is COc1ccc(COCc2cnc(C(=O)O)c(O)c2C)cc1. The van der Waals surface area contributed by atoms with Gasteiger partial charge in [-0.15, -0.1) is 0 Å². The van der Waals surface area contributed by atoms with Crippen LogP contribution in [-0.4, -0.2) is 28.3 Å². The second-order valence-corrected chi connectivity index (χ2v) is 4.75. The predicted octanol–water partition coefficient (Wildman–Crippen LogP) is 2.52. The van der Waals surface area contributed by atoms with Crippen LogP contribution in [0.1, 0.15) is 27.2 Å². The van der Waals surface area contributed by atoms with Gasteiger partial charge in [0.1, 0.15) is 5.75 Å². The van der Waals surface area contributed by atoms with Crippen molar-refractivity contribution in [3.05, 3.63) is 52.8 Å². The van der Waals surface area contributed by atoms with Crippen LogP contribution in [0.2, 0.25) is 0 Å². The lowest BCUT2D eigenvalue weighted by molar-refractivity contribution is 0.0686. The van der Waals surface area contributed by atoms with Crippen molar-refractivity contribution in [2.24, 2.45) is 0 Å². The molecule has 0 aliphatic carbocycles. The lowest BCUT2D eigenvalue weighted by atomic mass is 10.1. The molecule has 0 atom stereocenters. The Morgan fingerprint density at radius 3 is 2.50 bits per heavy atom. The number of methoxy groups -OCH3 is 1. The fourth-order valence-corrected chi connectivity index (χ4v) is 1.93. The van der Waals surface area contributed by atoms with Crippen LogP contribution >= 0.6 is 0 Å². The minimum Gasteiger partial charge on any atom is -0.505 e. The number of aromatic carboxylic acids is 1. The van der Waals surface area contributed by atoms with Crippen LogP contribution < -0.4 is 4.74 Å². The van der Waals surface area contributed by atoms with Gasteiger partial charge in [0.25, 0.3) is 0 Å². The Balaban J connectivity index is 1.99. The van der Waals surface area contributed by atoms with E-state index in [0.29, 0.717) is 17.7 Å². The molecule has 1 heterocycles. The van der Waals surface area contributed by atoms with Crippen molar-refractivity contribution in [3.8, 4) is 11.5 Å². The van der Waals surface area contributed by atoms with Gasteiger partial charge in [-0.1, -0.05) is 12.1 Å². The number of aromatic hydroxyl groups is 1. The molecule has 0 radical (unpaired) electrons. The number of carboxylic acid groups (broad SMARTS) is 1. The van der Waals surface area contributed by atoms with Crippen molar-refractivity contribution >= 4 is 5.97 Å². The Morgan fingerprint density at radius 1 is 1.23 bits per heavy atom. The Bertz CT molecular complexity index is 667. The Labute approximate surface area is 128 Å². The monoisotopic (exact) mass is 303 g/mol. The minimum absolute atomic E-state index is 0.234. The summed E-state index contributed by atoms with van der Waals surface area (Å²) in [5.41, 5.74) is 1.74. The first-order chi connectivity index (χ1) is 10.5. The molecule has 2 rings (SSSR count). The summed E-state index contributed by atoms with van der Waals surface area (Å²) in [6, 6.07) is 7.49. The molecule has 6 nitrogen and oxygen atoms in total. The van der Waals surface area contributed by atoms with E-state index >= 15 is 0 Å². The van der Waals surface area contributed by atoms with E-state index in [1.165, 1.54) is 6.20 Å². The zero-order chi connectivity index (χ0) is 16.1. The maximum absolute atomic E-state index is 10.9. The van der Waals surface area contributed by atoms with E-state index in [1.807, 2.05) is 24.3 Å². The average Bonchev–Trinajstić information content (AvgIpc) is 2.52. The highest BCUT2D eigenvalue weighted by Gasteiger charge is 2.16. The fourth-order valence-electron chi connectivity index (χ4n) is 1.93. The molecule has 0 unspecified atom stereocenters. The average molecular weight is 303 g/mol. The van der Waals surface area contributed by atoms with Crippen molar-refractivity contribution in [2.45, 2.75) is 20.1 Å². The van der Waals surface area contributed by atoms with Crippen LogP contribution in [0.4, 0.5) is 0 Å². The normalized spacial score (nSPS) is 10.5. The number of rotatable bonds is 6. The van der Waals surface area contributed by atoms with Gasteiger partial charge in [-0.05, 0) is 24.6 Å². The highest BCUT2D eigenvalue weighted by molar-refractivity contribution is 5.89. The molecule has 0 fully saturated rings.